The van der Waals surface area contributed by atoms with Crippen molar-refractivity contribution in [1.29, 1.82) is 0 Å². The fourth-order valence-corrected chi connectivity index (χ4v) is 1.09. The highest BCUT2D eigenvalue weighted by atomic mass is 16.5. The van der Waals surface area contributed by atoms with Crippen LogP contribution in [0, 0.1) is 0 Å². The van der Waals surface area contributed by atoms with E-state index in [2.05, 4.69) is 12.2 Å². The maximum atomic E-state index is 10.3. The first-order valence-electron chi connectivity index (χ1n) is 5.35. The van der Waals surface area contributed by atoms with Gasteiger partial charge in [0.25, 0.3) is 0 Å². The zero-order chi connectivity index (χ0) is 11.5. The molecular weight excluding hydrogens is 194 g/mol. The molecule has 0 aliphatic carbocycles. The summed E-state index contributed by atoms with van der Waals surface area (Å²) in [4.78, 5) is 10.3. The molecule has 0 heterocycles. The number of ether oxygens (including phenoxy) is 1. The Morgan fingerprint density at radius 2 is 2.20 bits per heavy atom. The Hall–Kier alpha value is -0.870. The fraction of sp³-hybridized carbons (Fsp3) is 0.727. The Balaban J connectivity index is 3.27. The van der Waals surface area contributed by atoms with Gasteiger partial charge in [0.15, 0.2) is 0 Å². The summed E-state index contributed by atoms with van der Waals surface area (Å²) in [6, 6.07) is 0. The highest BCUT2D eigenvalue weighted by Crippen LogP contribution is 1.90. The molecular formula is C11H21NO3. The second kappa shape index (κ2) is 9.68. The van der Waals surface area contributed by atoms with Crippen LogP contribution in [0.1, 0.15) is 26.7 Å². The Morgan fingerprint density at radius 3 is 2.80 bits per heavy atom. The van der Waals surface area contributed by atoms with Gasteiger partial charge in [0.1, 0.15) is 0 Å². The number of carboxylic acids is 1. The summed E-state index contributed by atoms with van der Waals surface area (Å²) in [7, 11) is 0. The summed E-state index contributed by atoms with van der Waals surface area (Å²) in [5.74, 6) is -0.888. The van der Waals surface area contributed by atoms with Gasteiger partial charge in [-0.1, -0.05) is 12.5 Å². The first-order valence-corrected chi connectivity index (χ1v) is 5.35. The van der Waals surface area contributed by atoms with Crippen molar-refractivity contribution in [2.45, 2.75) is 26.7 Å². The Kier molecular flexibility index (Phi) is 9.11. The molecule has 0 aliphatic heterocycles. The molecule has 0 rings (SSSR count). The van der Waals surface area contributed by atoms with Crippen molar-refractivity contribution in [2.24, 2.45) is 0 Å². The molecule has 0 aromatic heterocycles. The third-order valence-corrected chi connectivity index (χ3v) is 1.76. The smallest absolute Gasteiger partial charge is 0.328 e. The Labute approximate surface area is 91.3 Å². The monoisotopic (exact) mass is 215 g/mol. The molecule has 88 valence electrons. The van der Waals surface area contributed by atoms with E-state index in [0.29, 0.717) is 6.54 Å². The van der Waals surface area contributed by atoms with Gasteiger partial charge >= 0.3 is 5.97 Å². The van der Waals surface area contributed by atoms with Gasteiger partial charge in [-0.25, -0.2) is 4.79 Å². The largest absolute Gasteiger partial charge is 0.478 e. The average Bonchev–Trinajstić information content (AvgIpc) is 2.15. The van der Waals surface area contributed by atoms with Crippen LogP contribution >= 0.6 is 0 Å². The van der Waals surface area contributed by atoms with E-state index in [0.717, 1.165) is 38.2 Å². The molecule has 0 aromatic carbocycles. The van der Waals surface area contributed by atoms with E-state index in [1.807, 2.05) is 0 Å². The zero-order valence-electron chi connectivity index (χ0n) is 9.58. The van der Waals surface area contributed by atoms with Gasteiger partial charge in [0, 0.05) is 25.8 Å². The molecule has 0 aliphatic rings. The van der Waals surface area contributed by atoms with Crippen molar-refractivity contribution in [3.63, 3.8) is 0 Å². The molecule has 0 saturated carbocycles. The van der Waals surface area contributed by atoms with Crippen LogP contribution in [0.4, 0.5) is 0 Å². The van der Waals surface area contributed by atoms with Crippen molar-refractivity contribution in [1.82, 2.24) is 5.32 Å². The van der Waals surface area contributed by atoms with Gasteiger partial charge < -0.3 is 15.2 Å². The first kappa shape index (κ1) is 14.1. The van der Waals surface area contributed by atoms with Gasteiger partial charge in [0.2, 0.25) is 0 Å². The number of hydrogen-bond acceptors (Lipinski definition) is 3. The first-order chi connectivity index (χ1) is 7.16. The Morgan fingerprint density at radius 1 is 1.47 bits per heavy atom. The van der Waals surface area contributed by atoms with Crippen molar-refractivity contribution in [3.05, 3.63) is 11.6 Å². The summed E-state index contributed by atoms with van der Waals surface area (Å²) in [6.07, 6.45) is 3.23. The number of aliphatic carboxylic acids is 1. The molecule has 0 radical (unpaired) electrons. The van der Waals surface area contributed by atoms with Crippen molar-refractivity contribution < 1.29 is 14.6 Å². The molecule has 0 fully saturated rings. The standard InChI is InChI=1S/C11H21NO3/c1-3-6-15-7-4-5-12-9-10(2)8-11(13)14/h8,12H,3-7,9H2,1-2H3,(H,13,14). The van der Waals surface area contributed by atoms with Gasteiger partial charge in [0.05, 0.1) is 0 Å². The number of rotatable bonds is 9. The number of nitrogens with one attached hydrogen (secondary N) is 1. The SMILES string of the molecule is CCCOCCCNCC(C)=CC(=O)O. The van der Waals surface area contributed by atoms with Gasteiger partial charge in [-0.05, 0) is 26.3 Å². The van der Waals surface area contributed by atoms with Crippen molar-refractivity contribution in [3.8, 4) is 0 Å². The summed E-state index contributed by atoms with van der Waals surface area (Å²) >= 11 is 0. The van der Waals surface area contributed by atoms with E-state index in [9.17, 15) is 4.79 Å². The van der Waals surface area contributed by atoms with Crippen LogP contribution in [0.15, 0.2) is 11.6 Å². The minimum atomic E-state index is -0.888. The van der Waals surface area contributed by atoms with Crippen LogP contribution in [0.3, 0.4) is 0 Å². The number of carbonyl (C=O) groups is 1. The van der Waals surface area contributed by atoms with E-state index < -0.39 is 5.97 Å². The van der Waals surface area contributed by atoms with Crippen LogP contribution in [-0.4, -0.2) is 37.4 Å². The van der Waals surface area contributed by atoms with Crippen LogP contribution in [0.5, 0.6) is 0 Å². The quantitative estimate of drug-likeness (QED) is 0.451. The van der Waals surface area contributed by atoms with Crippen LogP contribution in [0.2, 0.25) is 0 Å². The van der Waals surface area contributed by atoms with Crippen LogP contribution in [0.25, 0.3) is 0 Å². The normalized spacial score (nSPS) is 11.7. The average molecular weight is 215 g/mol. The van der Waals surface area contributed by atoms with Crippen LogP contribution in [-0.2, 0) is 9.53 Å². The van der Waals surface area contributed by atoms with Crippen molar-refractivity contribution in [2.75, 3.05) is 26.3 Å². The topological polar surface area (TPSA) is 58.6 Å². The lowest BCUT2D eigenvalue weighted by Crippen LogP contribution is -2.19. The second-order valence-electron chi connectivity index (χ2n) is 3.47. The molecule has 0 atom stereocenters. The molecule has 4 nitrogen and oxygen atoms in total. The summed E-state index contributed by atoms with van der Waals surface area (Å²) in [5, 5.41) is 11.6. The Bertz CT molecular complexity index is 202. The minimum Gasteiger partial charge on any atom is -0.478 e. The second-order valence-corrected chi connectivity index (χ2v) is 3.47. The summed E-state index contributed by atoms with van der Waals surface area (Å²) in [5.41, 5.74) is 0.831. The summed E-state index contributed by atoms with van der Waals surface area (Å²) in [6.45, 7) is 6.95. The fourth-order valence-electron chi connectivity index (χ4n) is 1.09. The van der Waals surface area contributed by atoms with E-state index in [-0.39, 0.29) is 0 Å². The number of hydrogen-bond donors (Lipinski definition) is 2. The highest BCUT2D eigenvalue weighted by molar-refractivity contribution is 5.80. The highest BCUT2D eigenvalue weighted by Gasteiger charge is 1.94. The molecule has 0 spiro atoms. The molecule has 15 heavy (non-hydrogen) atoms. The molecule has 0 bridgehead atoms. The molecule has 0 saturated heterocycles. The third-order valence-electron chi connectivity index (χ3n) is 1.76. The maximum Gasteiger partial charge on any atom is 0.328 e. The molecule has 0 aromatic rings. The van der Waals surface area contributed by atoms with E-state index in [1.54, 1.807) is 6.92 Å². The van der Waals surface area contributed by atoms with Crippen LogP contribution < -0.4 is 5.32 Å². The van der Waals surface area contributed by atoms with Gasteiger partial charge in [-0.3, -0.25) is 0 Å². The van der Waals surface area contributed by atoms with Gasteiger partial charge in [-0.2, -0.15) is 0 Å². The lowest BCUT2D eigenvalue weighted by atomic mass is 10.3. The molecule has 0 unspecified atom stereocenters. The predicted octanol–water partition coefficient (Wildman–Crippen LogP) is 1.42. The van der Waals surface area contributed by atoms with E-state index >= 15 is 0 Å². The lowest BCUT2D eigenvalue weighted by molar-refractivity contribution is -0.131. The van der Waals surface area contributed by atoms with E-state index in [1.165, 1.54) is 6.08 Å². The van der Waals surface area contributed by atoms with Gasteiger partial charge in [-0.15, -0.1) is 0 Å². The summed E-state index contributed by atoms with van der Waals surface area (Å²) < 4.78 is 5.31. The molecule has 2 N–H and O–H groups in total. The minimum absolute atomic E-state index is 0.625. The zero-order valence-corrected chi connectivity index (χ0v) is 9.58. The maximum absolute atomic E-state index is 10.3. The lowest BCUT2D eigenvalue weighted by Gasteiger charge is -2.05. The molecule has 4 heteroatoms. The van der Waals surface area contributed by atoms with E-state index in [4.69, 9.17) is 9.84 Å². The number of carboxylic acid groups (broad SMARTS) is 1. The predicted molar refractivity (Wildman–Crippen MR) is 60.0 cm³/mol. The van der Waals surface area contributed by atoms with Crippen molar-refractivity contribution >= 4 is 5.97 Å². The third kappa shape index (κ3) is 11.1. The molecule has 0 amide bonds.